The highest BCUT2D eigenvalue weighted by Gasteiger charge is 2.26. The van der Waals surface area contributed by atoms with Gasteiger partial charge >= 0.3 is 0 Å². The van der Waals surface area contributed by atoms with E-state index in [2.05, 4.69) is 11.2 Å². The van der Waals surface area contributed by atoms with Crippen molar-refractivity contribution in [2.75, 3.05) is 19.7 Å². The minimum absolute atomic E-state index is 0.0719. The lowest BCUT2D eigenvalue weighted by molar-refractivity contribution is -0.133. The van der Waals surface area contributed by atoms with Gasteiger partial charge < -0.3 is 9.64 Å². The van der Waals surface area contributed by atoms with Gasteiger partial charge in [0.2, 0.25) is 5.91 Å². The van der Waals surface area contributed by atoms with Gasteiger partial charge in [-0.3, -0.25) is 9.48 Å². The average Bonchev–Trinajstić information content (AvgIpc) is 2.93. The molecule has 1 aromatic carbocycles. The smallest absolute Gasteiger partial charge is 0.226 e. The van der Waals surface area contributed by atoms with Crippen LogP contribution in [0.1, 0.15) is 36.7 Å². The van der Waals surface area contributed by atoms with Crippen molar-refractivity contribution in [1.29, 1.82) is 0 Å². The molecule has 25 heavy (non-hydrogen) atoms. The number of rotatable bonds is 5. The Kier molecular flexibility index (Phi) is 5.36. The number of likely N-dealkylation sites (tertiary alicyclic amines) is 1. The number of carbonyl (C=O) groups excluding carboxylic acids is 1. The highest BCUT2D eigenvalue weighted by atomic mass is 19.1. The lowest BCUT2D eigenvalue weighted by atomic mass is 10.1. The van der Waals surface area contributed by atoms with Crippen molar-refractivity contribution < 1.29 is 13.9 Å². The Balaban J connectivity index is 1.52. The number of carbonyl (C=O) groups is 1. The lowest BCUT2D eigenvalue weighted by Gasteiger charge is -2.33. The Bertz CT molecular complexity index is 744. The summed E-state index contributed by atoms with van der Waals surface area (Å²) < 4.78 is 20.6. The number of hydrogen-bond acceptors (Lipinski definition) is 3. The summed E-state index contributed by atoms with van der Waals surface area (Å²) in [4.78, 5) is 14.4. The molecule has 134 valence electrons. The molecule has 2 heterocycles. The summed E-state index contributed by atoms with van der Waals surface area (Å²) in [6, 6.07) is 8.27. The van der Waals surface area contributed by atoms with E-state index in [4.69, 9.17) is 4.74 Å². The van der Waals surface area contributed by atoms with E-state index in [0.717, 1.165) is 30.8 Å². The Morgan fingerprint density at radius 2 is 2.20 bits per heavy atom. The SMILES string of the molecule is Cc1cc(C)n([C@@H]2CCCN(C(=O)CCOc3cccc(F)c3)C2)n1. The molecule has 0 spiro atoms. The molecule has 1 fully saturated rings. The number of aromatic nitrogens is 2. The van der Waals surface area contributed by atoms with Gasteiger partial charge in [0.15, 0.2) is 0 Å². The predicted molar refractivity (Wildman–Crippen MR) is 93.1 cm³/mol. The molecule has 0 radical (unpaired) electrons. The summed E-state index contributed by atoms with van der Waals surface area (Å²) in [5.41, 5.74) is 2.13. The van der Waals surface area contributed by atoms with Gasteiger partial charge in [-0.2, -0.15) is 5.10 Å². The van der Waals surface area contributed by atoms with Crippen LogP contribution in [0, 0.1) is 19.7 Å². The number of halogens is 1. The van der Waals surface area contributed by atoms with E-state index in [-0.39, 0.29) is 24.4 Å². The van der Waals surface area contributed by atoms with Gasteiger partial charge in [-0.05, 0) is 44.9 Å². The quantitative estimate of drug-likeness (QED) is 0.836. The summed E-state index contributed by atoms with van der Waals surface area (Å²) in [7, 11) is 0. The van der Waals surface area contributed by atoms with Crippen molar-refractivity contribution in [3.63, 3.8) is 0 Å². The second-order valence-corrected chi connectivity index (χ2v) is 6.56. The van der Waals surface area contributed by atoms with Crippen LogP contribution in [0.25, 0.3) is 0 Å². The Hall–Kier alpha value is -2.37. The van der Waals surface area contributed by atoms with Crippen molar-refractivity contribution in [2.45, 2.75) is 39.2 Å². The number of hydrogen-bond donors (Lipinski definition) is 0. The third-order valence-corrected chi connectivity index (χ3v) is 4.52. The number of nitrogens with zero attached hydrogens (tertiary/aromatic N) is 3. The first-order valence-corrected chi connectivity index (χ1v) is 8.72. The number of ether oxygens (including phenoxy) is 1. The highest BCUT2D eigenvalue weighted by molar-refractivity contribution is 5.76. The van der Waals surface area contributed by atoms with Crippen molar-refractivity contribution >= 4 is 5.91 Å². The zero-order chi connectivity index (χ0) is 17.8. The Morgan fingerprint density at radius 1 is 1.36 bits per heavy atom. The second-order valence-electron chi connectivity index (χ2n) is 6.56. The minimum Gasteiger partial charge on any atom is -0.493 e. The van der Waals surface area contributed by atoms with Gasteiger partial charge in [0, 0.05) is 24.8 Å². The number of amides is 1. The van der Waals surface area contributed by atoms with E-state index < -0.39 is 0 Å². The molecule has 0 aliphatic carbocycles. The molecule has 5 nitrogen and oxygen atoms in total. The minimum atomic E-state index is -0.340. The van der Waals surface area contributed by atoms with E-state index in [1.807, 2.05) is 23.4 Å². The summed E-state index contributed by atoms with van der Waals surface area (Å²) in [6.07, 6.45) is 2.30. The fourth-order valence-electron chi connectivity index (χ4n) is 3.37. The molecule has 1 aliphatic heterocycles. The molecule has 2 aromatic rings. The Labute approximate surface area is 147 Å². The summed E-state index contributed by atoms with van der Waals surface area (Å²) in [5, 5.41) is 4.56. The first-order valence-electron chi connectivity index (χ1n) is 8.72. The average molecular weight is 345 g/mol. The van der Waals surface area contributed by atoms with Gasteiger partial charge in [-0.1, -0.05) is 6.07 Å². The van der Waals surface area contributed by atoms with Crippen molar-refractivity contribution in [2.24, 2.45) is 0 Å². The van der Waals surface area contributed by atoms with Gasteiger partial charge in [-0.25, -0.2) is 4.39 Å². The predicted octanol–water partition coefficient (Wildman–Crippen LogP) is 3.27. The largest absolute Gasteiger partial charge is 0.493 e. The maximum atomic E-state index is 13.1. The van der Waals surface area contributed by atoms with Crippen LogP contribution >= 0.6 is 0 Å². The second kappa shape index (κ2) is 7.68. The van der Waals surface area contributed by atoms with E-state index in [9.17, 15) is 9.18 Å². The molecule has 1 aliphatic rings. The zero-order valence-corrected chi connectivity index (χ0v) is 14.7. The van der Waals surface area contributed by atoms with Crippen LogP contribution in [0.15, 0.2) is 30.3 Å². The molecule has 1 amide bonds. The standard InChI is InChI=1S/C19H24FN3O2/c1-14-11-15(2)23(21-14)17-6-4-9-22(13-17)19(24)8-10-25-18-7-3-5-16(20)12-18/h3,5,7,11-12,17H,4,6,8-10,13H2,1-2H3/t17-/m1/s1. The van der Waals surface area contributed by atoms with Crippen LogP contribution in [0.3, 0.4) is 0 Å². The molecule has 1 saturated heterocycles. The molecular formula is C19H24FN3O2. The third-order valence-electron chi connectivity index (χ3n) is 4.52. The first-order chi connectivity index (χ1) is 12.0. The molecular weight excluding hydrogens is 321 g/mol. The molecule has 0 bridgehead atoms. The number of benzene rings is 1. The van der Waals surface area contributed by atoms with Gasteiger partial charge in [0.25, 0.3) is 0 Å². The maximum absolute atomic E-state index is 13.1. The molecule has 6 heteroatoms. The summed E-state index contributed by atoms with van der Waals surface area (Å²) in [5.74, 6) is 0.183. The summed E-state index contributed by atoms with van der Waals surface area (Å²) in [6.45, 7) is 5.74. The van der Waals surface area contributed by atoms with E-state index in [1.54, 1.807) is 12.1 Å². The van der Waals surface area contributed by atoms with Crippen molar-refractivity contribution in [1.82, 2.24) is 14.7 Å². The Morgan fingerprint density at radius 3 is 2.92 bits per heavy atom. The van der Waals surface area contributed by atoms with Gasteiger partial charge in [0.05, 0.1) is 24.8 Å². The molecule has 0 unspecified atom stereocenters. The number of piperidine rings is 1. The molecule has 1 aromatic heterocycles. The normalized spacial score (nSPS) is 17.6. The van der Waals surface area contributed by atoms with Crippen LogP contribution < -0.4 is 4.74 Å². The van der Waals surface area contributed by atoms with Crippen LogP contribution in [-0.4, -0.2) is 40.3 Å². The van der Waals surface area contributed by atoms with Crippen LogP contribution in [0.2, 0.25) is 0 Å². The van der Waals surface area contributed by atoms with Gasteiger partial charge in [-0.15, -0.1) is 0 Å². The van der Waals surface area contributed by atoms with Crippen molar-refractivity contribution in [3.05, 3.63) is 47.5 Å². The topological polar surface area (TPSA) is 47.4 Å². The molecule has 3 rings (SSSR count). The zero-order valence-electron chi connectivity index (χ0n) is 14.7. The maximum Gasteiger partial charge on any atom is 0.226 e. The van der Waals surface area contributed by atoms with E-state index in [0.29, 0.717) is 18.7 Å². The van der Waals surface area contributed by atoms with Crippen LogP contribution in [-0.2, 0) is 4.79 Å². The third kappa shape index (κ3) is 4.38. The molecule has 1 atom stereocenters. The molecule has 0 N–H and O–H groups in total. The monoisotopic (exact) mass is 345 g/mol. The highest BCUT2D eigenvalue weighted by Crippen LogP contribution is 2.23. The lowest BCUT2D eigenvalue weighted by Crippen LogP contribution is -2.41. The van der Waals surface area contributed by atoms with Crippen LogP contribution in [0.5, 0.6) is 5.75 Å². The fraction of sp³-hybridized carbons (Fsp3) is 0.474. The van der Waals surface area contributed by atoms with E-state index >= 15 is 0 Å². The fourth-order valence-corrected chi connectivity index (χ4v) is 3.37. The number of aryl methyl sites for hydroxylation is 2. The molecule has 0 saturated carbocycles. The first kappa shape index (κ1) is 17.5. The summed E-state index contributed by atoms with van der Waals surface area (Å²) >= 11 is 0. The van der Waals surface area contributed by atoms with Crippen LogP contribution in [0.4, 0.5) is 4.39 Å². The van der Waals surface area contributed by atoms with Crippen molar-refractivity contribution in [3.8, 4) is 5.75 Å². The van der Waals surface area contributed by atoms with Gasteiger partial charge in [0.1, 0.15) is 11.6 Å². The van der Waals surface area contributed by atoms with E-state index in [1.165, 1.54) is 12.1 Å².